The molecule has 0 saturated carbocycles. The number of rotatable bonds is 7. The van der Waals surface area contributed by atoms with Gasteiger partial charge in [-0.3, -0.25) is 9.59 Å². The van der Waals surface area contributed by atoms with Gasteiger partial charge in [-0.25, -0.2) is 5.43 Å². The Morgan fingerprint density at radius 3 is 2.88 bits per heavy atom. The number of nitrogens with zero attached hydrogens (tertiary/aromatic N) is 2. The summed E-state index contributed by atoms with van der Waals surface area (Å²) in [4.78, 5) is 23.4. The molecule has 7 nitrogen and oxygen atoms in total. The number of hydrogen-bond acceptors (Lipinski definition) is 5. The van der Waals surface area contributed by atoms with E-state index in [1.165, 1.54) is 30.2 Å². The van der Waals surface area contributed by atoms with Crippen molar-refractivity contribution >= 4 is 23.7 Å². The molecule has 2 aromatic rings. The fraction of sp³-hybridized carbons (Fsp3) is 0.235. The van der Waals surface area contributed by atoms with Crippen LogP contribution in [0.3, 0.4) is 0 Å². The van der Waals surface area contributed by atoms with Crippen molar-refractivity contribution in [2.75, 3.05) is 13.7 Å². The monoisotopic (exact) mass is 363 g/mol. The maximum absolute atomic E-state index is 11.8. The van der Waals surface area contributed by atoms with Gasteiger partial charge < -0.3 is 14.0 Å². The van der Waals surface area contributed by atoms with Crippen molar-refractivity contribution in [3.8, 4) is 11.5 Å². The van der Waals surface area contributed by atoms with Crippen LogP contribution in [-0.2, 0) is 11.3 Å². The van der Waals surface area contributed by atoms with Gasteiger partial charge in [-0.1, -0.05) is 17.7 Å². The Balaban J connectivity index is 2.04. The van der Waals surface area contributed by atoms with E-state index in [2.05, 4.69) is 10.5 Å². The van der Waals surface area contributed by atoms with E-state index >= 15 is 0 Å². The first-order valence-electron chi connectivity index (χ1n) is 7.52. The number of carbonyl (C=O) groups excluding carboxylic acids is 1. The number of pyridine rings is 1. The molecule has 1 N–H and O–H groups in total. The van der Waals surface area contributed by atoms with Crippen molar-refractivity contribution in [1.82, 2.24) is 9.99 Å². The lowest BCUT2D eigenvalue weighted by Gasteiger charge is -2.11. The summed E-state index contributed by atoms with van der Waals surface area (Å²) in [6, 6.07) is 8.00. The number of hydrogen-bond donors (Lipinski definition) is 1. The van der Waals surface area contributed by atoms with Crippen LogP contribution >= 0.6 is 11.6 Å². The van der Waals surface area contributed by atoms with Gasteiger partial charge in [0.15, 0.2) is 11.5 Å². The molecule has 0 fully saturated rings. The van der Waals surface area contributed by atoms with Crippen molar-refractivity contribution < 1.29 is 14.3 Å². The largest absolute Gasteiger partial charge is 0.493 e. The quantitative estimate of drug-likeness (QED) is 0.603. The summed E-state index contributed by atoms with van der Waals surface area (Å²) in [7, 11) is 1.51. The Labute approximate surface area is 149 Å². The topological polar surface area (TPSA) is 81.9 Å². The zero-order valence-corrected chi connectivity index (χ0v) is 14.6. The standard InChI is InChI=1S/C17H18ClN3O4/c1-3-25-17-13(18)8-12(9-14(17)24-2)10-19-20-15(22)11-21-7-5-4-6-16(21)23/h4-10H,3,11H2,1-2H3,(H,20,22)/b19-10-. The molecule has 132 valence electrons. The molecule has 25 heavy (non-hydrogen) atoms. The Morgan fingerprint density at radius 1 is 1.40 bits per heavy atom. The Morgan fingerprint density at radius 2 is 2.20 bits per heavy atom. The van der Waals surface area contributed by atoms with Crippen LogP contribution in [0.4, 0.5) is 0 Å². The molecule has 1 amide bonds. The fourth-order valence-electron chi connectivity index (χ4n) is 2.06. The average molecular weight is 364 g/mol. The molecular weight excluding hydrogens is 346 g/mol. The van der Waals surface area contributed by atoms with Crippen LogP contribution in [-0.4, -0.2) is 30.4 Å². The van der Waals surface area contributed by atoms with E-state index in [0.717, 1.165) is 0 Å². The van der Waals surface area contributed by atoms with Gasteiger partial charge in [-0.05, 0) is 30.7 Å². The Hall–Kier alpha value is -2.80. The van der Waals surface area contributed by atoms with Gasteiger partial charge in [0.25, 0.3) is 11.5 Å². The maximum Gasteiger partial charge on any atom is 0.260 e. The molecule has 8 heteroatoms. The summed E-state index contributed by atoms with van der Waals surface area (Å²) in [6.07, 6.45) is 2.96. The zero-order chi connectivity index (χ0) is 18.2. The molecule has 2 rings (SSSR count). The molecule has 0 radical (unpaired) electrons. The first-order chi connectivity index (χ1) is 12.0. The predicted octanol–water partition coefficient (Wildman–Crippen LogP) is 2.06. The molecule has 0 atom stereocenters. The molecule has 0 aliphatic heterocycles. The number of aromatic nitrogens is 1. The maximum atomic E-state index is 11.8. The van der Waals surface area contributed by atoms with Crippen LogP contribution < -0.4 is 20.5 Å². The number of hydrazone groups is 1. The first-order valence-corrected chi connectivity index (χ1v) is 7.90. The SMILES string of the molecule is CCOc1c(Cl)cc(/C=N\NC(=O)Cn2ccccc2=O)cc1OC. The third kappa shape index (κ3) is 5.09. The van der Waals surface area contributed by atoms with Gasteiger partial charge in [-0.2, -0.15) is 5.10 Å². The summed E-state index contributed by atoms with van der Waals surface area (Å²) >= 11 is 6.17. The van der Waals surface area contributed by atoms with Crippen LogP contribution in [0.1, 0.15) is 12.5 Å². The van der Waals surface area contributed by atoms with Crippen molar-refractivity contribution in [3.05, 3.63) is 57.5 Å². The second-order valence-electron chi connectivity index (χ2n) is 4.93. The summed E-state index contributed by atoms with van der Waals surface area (Å²) in [5.41, 5.74) is 2.73. The molecule has 0 aliphatic rings. The highest BCUT2D eigenvalue weighted by Gasteiger charge is 2.11. The summed E-state index contributed by atoms with van der Waals surface area (Å²) in [5.74, 6) is 0.503. The molecule has 1 aromatic heterocycles. The number of methoxy groups -OCH3 is 1. The van der Waals surface area contributed by atoms with Crippen molar-refractivity contribution in [2.45, 2.75) is 13.5 Å². The van der Waals surface area contributed by atoms with Crippen LogP contribution in [0.2, 0.25) is 5.02 Å². The molecular formula is C17H18ClN3O4. The van der Waals surface area contributed by atoms with Crippen molar-refractivity contribution in [3.63, 3.8) is 0 Å². The smallest absolute Gasteiger partial charge is 0.260 e. The minimum absolute atomic E-state index is 0.121. The van der Waals surface area contributed by atoms with E-state index in [0.29, 0.717) is 28.7 Å². The highest BCUT2D eigenvalue weighted by Crippen LogP contribution is 2.35. The van der Waals surface area contributed by atoms with Crippen LogP contribution in [0, 0.1) is 0 Å². The first kappa shape index (κ1) is 18.5. The average Bonchev–Trinajstić information content (AvgIpc) is 2.59. The lowest BCUT2D eigenvalue weighted by atomic mass is 10.2. The molecule has 0 saturated heterocycles. The van der Waals surface area contributed by atoms with Crippen molar-refractivity contribution in [1.29, 1.82) is 0 Å². The van der Waals surface area contributed by atoms with Gasteiger partial charge in [0.1, 0.15) is 6.54 Å². The van der Waals surface area contributed by atoms with Crippen LogP contribution in [0.15, 0.2) is 46.4 Å². The van der Waals surface area contributed by atoms with Crippen molar-refractivity contribution in [2.24, 2.45) is 5.10 Å². The van der Waals surface area contributed by atoms with E-state index in [1.54, 1.807) is 24.3 Å². The van der Waals surface area contributed by atoms with Gasteiger partial charge in [-0.15, -0.1) is 0 Å². The second kappa shape index (κ2) is 8.89. The van der Waals surface area contributed by atoms with E-state index in [1.807, 2.05) is 6.92 Å². The minimum Gasteiger partial charge on any atom is -0.493 e. The number of nitrogens with one attached hydrogen (secondary N) is 1. The molecule has 0 spiro atoms. The molecule has 0 aliphatic carbocycles. The number of carbonyl (C=O) groups is 1. The highest BCUT2D eigenvalue weighted by molar-refractivity contribution is 6.32. The lowest BCUT2D eigenvalue weighted by Crippen LogP contribution is -2.28. The highest BCUT2D eigenvalue weighted by atomic mass is 35.5. The summed E-state index contributed by atoms with van der Waals surface area (Å²) in [6.45, 7) is 2.18. The molecule has 1 heterocycles. The predicted molar refractivity (Wildman–Crippen MR) is 95.6 cm³/mol. The van der Waals surface area contributed by atoms with Crippen LogP contribution in [0.5, 0.6) is 11.5 Å². The molecule has 1 aromatic carbocycles. The summed E-state index contributed by atoms with van der Waals surface area (Å²) in [5, 5.41) is 4.24. The third-order valence-corrected chi connectivity index (χ3v) is 3.44. The molecule has 0 unspecified atom stereocenters. The van der Waals surface area contributed by atoms with Gasteiger partial charge >= 0.3 is 0 Å². The number of halogens is 1. The molecule has 0 bridgehead atoms. The Kier molecular flexibility index (Phi) is 6.59. The summed E-state index contributed by atoms with van der Waals surface area (Å²) < 4.78 is 12.0. The normalized spacial score (nSPS) is 10.7. The number of ether oxygens (including phenoxy) is 2. The van der Waals surface area contributed by atoms with Crippen LogP contribution in [0.25, 0.3) is 0 Å². The zero-order valence-electron chi connectivity index (χ0n) is 13.9. The van der Waals surface area contributed by atoms with E-state index in [-0.39, 0.29) is 12.1 Å². The lowest BCUT2D eigenvalue weighted by molar-refractivity contribution is -0.121. The van der Waals surface area contributed by atoms with Gasteiger partial charge in [0, 0.05) is 12.3 Å². The van der Waals surface area contributed by atoms with Gasteiger partial charge in [0.2, 0.25) is 0 Å². The van der Waals surface area contributed by atoms with E-state index in [9.17, 15) is 9.59 Å². The number of amides is 1. The fourth-order valence-corrected chi connectivity index (χ4v) is 2.33. The number of benzene rings is 1. The minimum atomic E-state index is -0.423. The second-order valence-corrected chi connectivity index (χ2v) is 5.33. The van der Waals surface area contributed by atoms with Gasteiger partial charge in [0.05, 0.1) is 25.0 Å². The van der Waals surface area contributed by atoms with E-state index < -0.39 is 5.91 Å². The van der Waals surface area contributed by atoms with E-state index in [4.69, 9.17) is 21.1 Å². The Bertz CT molecular complexity index is 833. The third-order valence-electron chi connectivity index (χ3n) is 3.16.